The third-order valence-corrected chi connectivity index (χ3v) is 5.17. The maximum absolute atomic E-state index is 12.9. The second-order valence-corrected chi connectivity index (χ2v) is 7.57. The van der Waals surface area contributed by atoms with Gasteiger partial charge in [0.05, 0.1) is 14.2 Å². The summed E-state index contributed by atoms with van der Waals surface area (Å²) in [6, 6.07) is 24.5. The van der Waals surface area contributed by atoms with Crippen LogP contribution in [0.2, 0.25) is 0 Å². The van der Waals surface area contributed by atoms with Crippen molar-refractivity contribution in [1.29, 1.82) is 0 Å². The fourth-order valence-electron chi connectivity index (χ4n) is 3.25. The fraction of sp³-hybridized carbons (Fsp3) is 0.192. The Morgan fingerprint density at radius 3 is 1.91 bits per heavy atom. The van der Waals surface area contributed by atoms with Gasteiger partial charge in [-0.15, -0.1) is 5.10 Å². The molecule has 35 heavy (non-hydrogen) atoms. The van der Waals surface area contributed by atoms with Gasteiger partial charge in [0.2, 0.25) is 11.9 Å². The smallest absolute Gasteiger partial charge is 0.288 e. The molecule has 0 aliphatic heterocycles. The van der Waals surface area contributed by atoms with E-state index in [0.717, 1.165) is 22.6 Å². The van der Waals surface area contributed by atoms with Crippen molar-refractivity contribution >= 4 is 17.8 Å². The molecule has 3 aromatic carbocycles. The summed E-state index contributed by atoms with van der Waals surface area (Å²) in [5.41, 5.74) is 2.02. The van der Waals surface area contributed by atoms with Gasteiger partial charge in [0.15, 0.2) is 6.61 Å². The molecule has 9 heteroatoms. The molecule has 0 saturated heterocycles. The van der Waals surface area contributed by atoms with Crippen LogP contribution in [0.25, 0.3) is 0 Å². The molecular weight excluding hydrogens is 446 g/mol. The highest BCUT2D eigenvalue weighted by molar-refractivity contribution is 5.82. The highest BCUT2D eigenvalue weighted by Gasteiger charge is 2.17. The number of carbonyl (C=O) groups excluding carboxylic acids is 1. The molecule has 0 aliphatic carbocycles. The minimum Gasteiger partial charge on any atom is -0.497 e. The van der Waals surface area contributed by atoms with Crippen molar-refractivity contribution in [2.45, 2.75) is 13.1 Å². The van der Waals surface area contributed by atoms with Crippen LogP contribution < -0.4 is 24.8 Å². The Hall–Kier alpha value is -4.53. The molecule has 4 rings (SSSR count). The molecule has 4 aromatic rings. The summed E-state index contributed by atoms with van der Waals surface area (Å²) in [6.45, 7) is 0.760. The van der Waals surface area contributed by atoms with Crippen LogP contribution in [0.3, 0.4) is 0 Å². The first-order valence-electron chi connectivity index (χ1n) is 11.1. The zero-order valence-corrected chi connectivity index (χ0v) is 19.6. The minimum absolute atomic E-state index is 0.178. The Morgan fingerprint density at radius 1 is 0.771 bits per heavy atom. The lowest BCUT2D eigenvalue weighted by atomic mass is 10.2. The van der Waals surface area contributed by atoms with Crippen LogP contribution >= 0.6 is 0 Å². The van der Waals surface area contributed by atoms with Crippen LogP contribution in [0.5, 0.6) is 17.2 Å². The third kappa shape index (κ3) is 6.50. The van der Waals surface area contributed by atoms with Crippen molar-refractivity contribution in [1.82, 2.24) is 14.8 Å². The summed E-state index contributed by atoms with van der Waals surface area (Å²) in [4.78, 5) is 17.4. The first-order chi connectivity index (χ1) is 17.1. The average molecular weight is 474 g/mol. The summed E-state index contributed by atoms with van der Waals surface area (Å²) >= 11 is 0. The molecule has 2 N–H and O–H groups in total. The lowest BCUT2D eigenvalue weighted by molar-refractivity contribution is 0.0824. The molecular formula is C26H27N5O4. The van der Waals surface area contributed by atoms with E-state index in [1.165, 1.54) is 4.68 Å². The van der Waals surface area contributed by atoms with Crippen molar-refractivity contribution in [2.75, 3.05) is 31.5 Å². The number of para-hydroxylation sites is 1. The number of nitrogens with zero attached hydrogens (tertiary/aromatic N) is 3. The fourth-order valence-corrected chi connectivity index (χ4v) is 3.25. The predicted octanol–water partition coefficient (Wildman–Crippen LogP) is 4.24. The molecule has 1 aromatic heterocycles. The molecule has 0 spiro atoms. The third-order valence-electron chi connectivity index (χ3n) is 5.17. The van der Waals surface area contributed by atoms with Crippen molar-refractivity contribution in [3.63, 3.8) is 0 Å². The quantitative estimate of drug-likeness (QED) is 0.334. The summed E-state index contributed by atoms with van der Waals surface area (Å²) in [7, 11) is 3.25. The van der Waals surface area contributed by atoms with Crippen LogP contribution in [-0.4, -0.2) is 41.5 Å². The normalized spacial score (nSPS) is 10.5. The number of carbonyl (C=O) groups is 1. The van der Waals surface area contributed by atoms with E-state index >= 15 is 0 Å². The molecule has 0 bridgehead atoms. The van der Waals surface area contributed by atoms with Gasteiger partial charge in [-0.25, -0.2) is 0 Å². The Bertz CT molecular complexity index is 1230. The molecule has 1 heterocycles. The van der Waals surface area contributed by atoms with Crippen molar-refractivity contribution in [2.24, 2.45) is 0 Å². The Balaban J connectivity index is 1.46. The lowest BCUT2D eigenvalue weighted by Crippen LogP contribution is -2.22. The van der Waals surface area contributed by atoms with E-state index in [0.29, 0.717) is 30.7 Å². The Morgan fingerprint density at radius 2 is 1.34 bits per heavy atom. The molecule has 0 atom stereocenters. The van der Waals surface area contributed by atoms with E-state index in [1.54, 1.807) is 26.4 Å². The van der Waals surface area contributed by atoms with Crippen molar-refractivity contribution < 1.29 is 19.0 Å². The summed E-state index contributed by atoms with van der Waals surface area (Å²) in [5, 5.41) is 10.7. The molecule has 0 amide bonds. The van der Waals surface area contributed by atoms with Crippen LogP contribution in [0.15, 0.2) is 78.9 Å². The summed E-state index contributed by atoms with van der Waals surface area (Å²) in [6.07, 6.45) is 0. The van der Waals surface area contributed by atoms with Gasteiger partial charge >= 0.3 is 0 Å². The largest absolute Gasteiger partial charge is 0.497 e. The van der Waals surface area contributed by atoms with Crippen LogP contribution in [0.4, 0.5) is 11.9 Å². The SMILES string of the molecule is COc1ccc(CNc2nc(NCc3ccc(OC)cc3)n(C(=O)COc3ccccc3)n2)cc1. The van der Waals surface area contributed by atoms with Crippen LogP contribution in [0.1, 0.15) is 15.9 Å². The number of hydrogen-bond acceptors (Lipinski definition) is 8. The zero-order chi connectivity index (χ0) is 24.5. The molecule has 9 nitrogen and oxygen atoms in total. The van der Waals surface area contributed by atoms with E-state index in [4.69, 9.17) is 14.2 Å². The van der Waals surface area contributed by atoms with Gasteiger partial charge in [0.1, 0.15) is 17.2 Å². The number of hydrogen-bond donors (Lipinski definition) is 2. The first-order valence-corrected chi connectivity index (χ1v) is 11.1. The predicted molar refractivity (Wildman–Crippen MR) is 133 cm³/mol. The van der Waals surface area contributed by atoms with Gasteiger partial charge in [0.25, 0.3) is 5.91 Å². The molecule has 180 valence electrons. The van der Waals surface area contributed by atoms with Crippen molar-refractivity contribution in [3.8, 4) is 17.2 Å². The standard InChI is InChI=1S/C26H27N5O4/c1-33-21-12-8-19(9-13-21)16-27-25-29-26(28-17-20-10-14-22(34-2)15-11-20)31(30-25)24(32)18-35-23-6-4-3-5-7-23/h3-15H,16-18H2,1-2H3,(H2,27,28,29,30). The van der Waals surface area contributed by atoms with E-state index < -0.39 is 0 Å². The number of ether oxygens (including phenoxy) is 3. The van der Waals surface area contributed by atoms with Crippen molar-refractivity contribution in [3.05, 3.63) is 90.0 Å². The minimum atomic E-state index is -0.351. The van der Waals surface area contributed by atoms with E-state index in [2.05, 4.69) is 20.7 Å². The maximum Gasteiger partial charge on any atom is 0.288 e. The lowest BCUT2D eigenvalue weighted by Gasteiger charge is -2.09. The van der Waals surface area contributed by atoms with Gasteiger partial charge in [-0.2, -0.15) is 9.67 Å². The van der Waals surface area contributed by atoms with Gasteiger partial charge in [-0.05, 0) is 47.5 Å². The second kappa shape index (κ2) is 11.6. The highest BCUT2D eigenvalue weighted by atomic mass is 16.5. The Labute approximate surface area is 203 Å². The number of nitrogens with one attached hydrogen (secondary N) is 2. The molecule has 0 unspecified atom stereocenters. The Kier molecular flexibility index (Phi) is 7.80. The van der Waals surface area contributed by atoms with Gasteiger partial charge < -0.3 is 24.8 Å². The topological polar surface area (TPSA) is 99.5 Å². The van der Waals surface area contributed by atoms with E-state index in [-0.39, 0.29) is 12.5 Å². The maximum atomic E-state index is 12.9. The van der Waals surface area contributed by atoms with E-state index in [9.17, 15) is 4.79 Å². The van der Waals surface area contributed by atoms with Crippen LogP contribution in [-0.2, 0) is 13.1 Å². The average Bonchev–Trinajstić information content (AvgIpc) is 3.33. The van der Waals surface area contributed by atoms with Gasteiger partial charge in [0, 0.05) is 13.1 Å². The first kappa shape index (κ1) is 23.6. The summed E-state index contributed by atoms with van der Waals surface area (Å²) in [5.74, 6) is 2.45. The highest BCUT2D eigenvalue weighted by Crippen LogP contribution is 2.16. The number of rotatable bonds is 11. The second-order valence-electron chi connectivity index (χ2n) is 7.57. The van der Waals surface area contributed by atoms with Gasteiger partial charge in [-0.1, -0.05) is 42.5 Å². The number of aromatic nitrogens is 3. The van der Waals surface area contributed by atoms with Gasteiger partial charge in [-0.3, -0.25) is 4.79 Å². The molecule has 0 saturated carbocycles. The molecule has 0 radical (unpaired) electrons. The number of anilines is 2. The van der Waals surface area contributed by atoms with E-state index in [1.807, 2.05) is 66.7 Å². The summed E-state index contributed by atoms with van der Waals surface area (Å²) < 4.78 is 17.2. The monoisotopic (exact) mass is 473 g/mol. The number of methoxy groups -OCH3 is 2. The zero-order valence-electron chi connectivity index (χ0n) is 19.6. The number of benzene rings is 3. The molecule has 0 aliphatic rings. The van der Waals surface area contributed by atoms with Crippen LogP contribution in [0, 0.1) is 0 Å². The molecule has 0 fully saturated rings.